The van der Waals surface area contributed by atoms with Gasteiger partial charge in [-0.1, -0.05) is 243 Å². The molecule has 0 saturated heterocycles. The Labute approximate surface area is 361 Å². The van der Waals surface area contributed by atoms with Gasteiger partial charge in [0, 0.05) is 0 Å². The van der Waals surface area contributed by atoms with E-state index in [1.54, 1.807) is 0 Å². The van der Waals surface area contributed by atoms with Crippen LogP contribution >= 0.6 is 0 Å². The van der Waals surface area contributed by atoms with Gasteiger partial charge in [-0.3, -0.25) is 0 Å². The van der Waals surface area contributed by atoms with E-state index in [-0.39, 0.29) is 0 Å². The van der Waals surface area contributed by atoms with Crippen LogP contribution in [-0.2, 0) is 0 Å². The summed E-state index contributed by atoms with van der Waals surface area (Å²) in [5.74, 6) is 0. The zero-order valence-electron chi connectivity index (χ0n) is 34.1. The predicted octanol–water partition coefficient (Wildman–Crippen LogP) is 17.5. The third kappa shape index (κ3) is 5.61. The summed E-state index contributed by atoms with van der Waals surface area (Å²) in [7, 11) is 0. The van der Waals surface area contributed by atoms with Crippen molar-refractivity contribution < 1.29 is 0 Å². The van der Waals surface area contributed by atoms with Crippen LogP contribution in [0.1, 0.15) is 0 Å². The van der Waals surface area contributed by atoms with E-state index in [1.165, 1.54) is 121 Å². The van der Waals surface area contributed by atoms with Gasteiger partial charge < -0.3 is 0 Å². The van der Waals surface area contributed by atoms with Crippen molar-refractivity contribution in [2.24, 2.45) is 0 Å². The Morgan fingerprint density at radius 1 is 0.161 bits per heavy atom. The molecule has 0 amide bonds. The first-order valence-corrected chi connectivity index (χ1v) is 21.5. The smallest absolute Gasteiger partial charge is 0.0000710 e. The van der Waals surface area contributed by atoms with E-state index in [1.807, 2.05) is 0 Å². The quantitative estimate of drug-likeness (QED) is 0.116. The van der Waals surface area contributed by atoms with Crippen LogP contribution in [-0.4, -0.2) is 0 Å². The fourth-order valence-corrected chi connectivity index (χ4v) is 10.3. The molecular weight excluding hydrogens is 745 g/mol. The Balaban J connectivity index is 1.54. The third-order valence-electron chi connectivity index (χ3n) is 12.8. The van der Waals surface area contributed by atoms with Crippen molar-refractivity contribution in [2.75, 3.05) is 0 Å². The van der Waals surface area contributed by atoms with Gasteiger partial charge in [-0.05, 0) is 121 Å². The average Bonchev–Trinajstić information content (AvgIpc) is 3.36. The molecule has 0 atom stereocenters. The highest BCUT2D eigenvalue weighted by atomic mass is 14.3. The molecule has 0 bridgehead atoms. The molecule has 0 radical (unpaired) electrons. The highest BCUT2D eigenvalue weighted by Gasteiger charge is 2.31. The molecule has 62 heavy (non-hydrogen) atoms. The first-order valence-electron chi connectivity index (χ1n) is 21.5. The molecular formula is C62H40. The number of hydrogen-bond acceptors (Lipinski definition) is 0. The van der Waals surface area contributed by atoms with Gasteiger partial charge in [0.2, 0.25) is 0 Å². The van der Waals surface area contributed by atoms with Crippen LogP contribution < -0.4 is 0 Å². The maximum atomic E-state index is 2.36. The summed E-state index contributed by atoms with van der Waals surface area (Å²) in [4.78, 5) is 0. The topological polar surface area (TPSA) is 0 Å². The standard InChI is InChI=1S/C62H40/c1-6-24-42(25-7-1)53-54(43-26-8-2-9-27-43)60(50-40-22-34-41-23-16-17-35-47(41)50)62-57(46-32-14-5-15-33-46)59-52-39-21-19-37-49(52)48-36-18-20-38-51(48)58(59)56(45-30-12-4-13-31-45)61(62)55(53)44-28-10-3-11-29-44/h1-40H. The summed E-state index contributed by atoms with van der Waals surface area (Å²) < 4.78 is 0. The molecule has 12 aromatic rings. The largest absolute Gasteiger partial charge is 0.0622 e. The van der Waals surface area contributed by atoms with Gasteiger partial charge in [0.1, 0.15) is 0 Å². The van der Waals surface area contributed by atoms with E-state index in [9.17, 15) is 0 Å². The number of rotatable bonds is 6. The van der Waals surface area contributed by atoms with Gasteiger partial charge in [0.05, 0.1) is 0 Å². The van der Waals surface area contributed by atoms with E-state index in [0.29, 0.717) is 0 Å². The SMILES string of the molecule is c1ccc(-c2c(-c3ccccc3)c(-c3cccc4ccccc34)c3c(-c4ccccc4)c4c5ccccc5c5ccccc5c4c(-c4ccccc4)c3c2-c2ccccc2)cc1. The van der Waals surface area contributed by atoms with Crippen LogP contribution in [0.15, 0.2) is 243 Å². The Hall–Kier alpha value is -8.06. The van der Waals surface area contributed by atoms with Gasteiger partial charge in [-0.25, -0.2) is 0 Å². The molecule has 0 heteroatoms. The van der Waals surface area contributed by atoms with E-state index in [2.05, 4.69) is 243 Å². The fourth-order valence-electron chi connectivity index (χ4n) is 10.3. The predicted molar refractivity (Wildman–Crippen MR) is 267 cm³/mol. The average molecular weight is 785 g/mol. The Morgan fingerprint density at radius 3 is 0.919 bits per heavy atom. The molecule has 0 aliphatic carbocycles. The first-order chi connectivity index (χ1) is 30.8. The monoisotopic (exact) mass is 784 g/mol. The second kappa shape index (κ2) is 14.9. The van der Waals surface area contributed by atoms with Crippen LogP contribution in [0.5, 0.6) is 0 Å². The Morgan fingerprint density at radius 2 is 0.468 bits per heavy atom. The van der Waals surface area contributed by atoms with Gasteiger partial charge in [0.15, 0.2) is 0 Å². The minimum atomic E-state index is 1.18. The number of benzene rings is 12. The van der Waals surface area contributed by atoms with Crippen LogP contribution in [0.25, 0.3) is 121 Å². The molecule has 0 aliphatic rings. The van der Waals surface area contributed by atoms with Crippen LogP contribution in [0.3, 0.4) is 0 Å². The minimum Gasteiger partial charge on any atom is -0.0622 e. The lowest BCUT2D eigenvalue weighted by molar-refractivity contribution is 1.57. The van der Waals surface area contributed by atoms with Crippen molar-refractivity contribution in [3.8, 4) is 66.8 Å². The maximum Gasteiger partial charge on any atom is -0.0000710 e. The molecule has 12 rings (SSSR count). The lowest BCUT2D eigenvalue weighted by Gasteiger charge is -2.30. The van der Waals surface area contributed by atoms with Crippen molar-refractivity contribution in [1.82, 2.24) is 0 Å². The van der Waals surface area contributed by atoms with Gasteiger partial charge in [0.25, 0.3) is 0 Å². The molecule has 12 aromatic carbocycles. The summed E-state index contributed by atoms with van der Waals surface area (Å²) in [6.45, 7) is 0. The van der Waals surface area contributed by atoms with Crippen LogP contribution in [0.4, 0.5) is 0 Å². The van der Waals surface area contributed by atoms with Crippen LogP contribution in [0.2, 0.25) is 0 Å². The lowest BCUT2D eigenvalue weighted by Crippen LogP contribution is -2.02. The van der Waals surface area contributed by atoms with Crippen molar-refractivity contribution in [3.05, 3.63) is 243 Å². The summed E-state index contributed by atoms with van der Waals surface area (Å²) in [5, 5.41) is 12.5. The molecule has 0 saturated carbocycles. The highest BCUT2D eigenvalue weighted by Crippen LogP contribution is 2.59. The third-order valence-corrected chi connectivity index (χ3v) is 12.8. The first kappa shape index (κ1) is 35.8. The summed E-state index contributed by atoms with van der Waals surface area (Å²) in [6, 6.07) is 89.7. The van der Waals surface area contributed by atoms with E-state index in [0.717, 1.165) is 0 Å². The molecule has 0 N–H and O–H groups in total. The molecule has 0 fully saturated rings. The van der Waals surface area contributed by atoms with E-state index < -0.39 is 0 Å². The van der Waals surface area contributed by atoms with Gasteiger partial charge in [-0.2, -0.15) is 0 Å². The molecule has 0 unspecified atom stereocenters. The fraction of sp³-hybridized carbons (Fsp3) is 0. The van der Waals surface area contributed by atoms with Crippen LogP contribution in [0, 0.1) is 0 Å². The molecule has 0 heterocycles. The zero-order valence-corrected chi connectivity index (χ0v) is 34.1. The summed E-state index contributed by atoms with van der Waals surface area (Å²) in [5.41, 5.74) is 14.5. The molecule has 0 nitrogen and oxygen atoms in total. The normalized spacial score (nSPS) is 11.5. The second-order valence-corrected chi connectivity index (χ2v) is 16.2. The minimum absolute atomic E-state index is 1.18. The Kier molecular flexibility index (Phi) is 8.61. The van der Waals surface area contributed by atoms with E-state index >= 15 is 0 Å². The molecule has 288 valence electrons. The van der Waals surface area contributed by atoms with Crippen molar-refractivity contribution in [1.29, 1.82) is 0 Å². The Bertz CT molecular complexity index is 3620. The van der Waals surface area contributed by atoms with E-state index in [4.69, 9.17) is 0 Å². The zero-order chi connectivity index (χ0) is 41.0. The van der Waals surface area contributed by atoms with Crippen molar-refractivity contribution in [2.45, 2.75) is 0 Å². The number of fused-ring (bicyclic) bond motifs is 8. The second-order valence-electron chi connectivity index (χ2n) is 16.2. The highest BCUT2D eigenvalue weighted by molar-refractivity contribution is 6.41. The molecule has 0 spiro atoms. The van der Waals surface area contributed by atoms with Gasteiger partial charge >= 0.3 is 0 Å². The van der Waals surface area contributed by atoms with Crippen molar-refractivity contribution in [3.63, 3.8) is 0 Å². The number of hydrogen-bond donors (Lipinski definition) is 0. The summed E-state index contributed by atoms with van der Waals surface area (Å²) >= 11 is 0. The van der Waals surface area contributed by atoms with Crippen molar-refractivity contribution >= 4 is 53.9 Å². The van der Waals surface area contributed by atoms with Gasteiger partial charge in [-0.15, -0.1) is 0 Å². The maximum absolute atomic E-state index is 2.36. The lowest BCUT2D eigenvalue weighted by atomic mass is 9.72. The molecule has 0 aromatic heterocycles. The summed E-state index contributed by atoms with van der Waals surface area (Å²) in [6.07, 6.45) is 0. The molecule has 0 aliphatic heterocycles.